The van der Waals surface area contributed by atoms with Crippen LogP contribution in [0.2, 0.25) is 0 Å². The minimum atomic E-state index is 0.140. The number of rotatable bonds is 9. The first-order valence-electron chi connectivity index (χ1n) is 12.2. The van der Waals surface area contributed by atoms with Crippen molar-refractivity contribution in [2.45, 2.75) is 70.3 Å². The Bertz CT molecular complexity index is 1110. The molecule has 0 spiro atoms. The van der Waals surface area contributed by atoms with E-state index in [9.17, 15) is 4.79 Å². The highest BCUT2D eigenvalue weighted by atomic mass is 32.2. The molecule has 3 aromatic rings. The van der Waals surface area contributed by atoms with Crippen molar-refractivity contribution in [3.05, 3.63) is 45.4 Å². The van der Waals surface area contributed by atoms with Gasteiger partial charge in [-0.2, -0.15) is 0 Å². The van der Waals surface area contributed by atoms with Crippen LogP contribution in [0.15, 0.2) is 28.7 Å². The lowest BCUT2D eigenvalue weighted by molar-refractivity contribution is 0.0951. The van der Waals surface area contributed by atoms with Crippen LogP contribution >= 0.6 is 23.1 Å². The number of aromatic nitrogens is 4. The lowest BCUT2D eigenvalue weighted by Crippen LogP contribution is -2.33. The third kappa shape index (κ3) is 5.11. The standard InChI is InChI=1S/C25H33N5O2S2/c1-18-14-22(19(2)29(18)16-21-9-7-13-33-21)23(31)17-34-25-27-26-24(28-10-4-3-5-11-28)30(25)15-20-8-6-12-32-20/h7,9,13-14,20H,3-6,8,10-12,15-17H2,1-2H3/t20-/m1/s1. The zero-order chi connectivity index (χ0) is 23.5. The summed E-state index contributed by atoms with van der Waals surface area (Å²) in [6, 6.07) is 6.24. The molecular formula is C25H33N5O2S2. The number of carbonyl (C=O) groups excluding carboxylic acids is 1. The molecule has 3 aromatic heterocycles. The molecule has 0 saturated carbocycles. The Morgan fingerprint density at radius 3 is 2.76 bits per heavy atom. The van der Waals surface area contributed by atoms with E-state index in [4.69, 9.17) is 4.74 Å². The van der Waals surface area contributed by atoms with E-state index in [0.29, 0.717) is 5.75 Å². The number of hydrogen-bond donors (Lipinski definition) is 0. The smallest absolute Gasteiger partial charge is 0.228 e. The van der Waals surface area contributed by atoms with Gasteiger partial charge in [0.25, 0.3) is 0 Å². The van der Waals surface area contributed by atoms with Crippen molar-refractivity contribution >= 4 is 34.8 Å². The van der Waals surface area contributed by atoms with Crippen molar-refractivity contribution in [1.82, 2.24) is 19.3 Å². The monoisotopic (exact) mass is 499 g/mol. The number of thioether (sulfide) groups is 1. The number of hydrogen-bond acceptors (Lipinski definition) is 7. The second-order valence-corrected chi connectivity index (χ2v) is 11.2. The summed E-state index contributed by atoms with van der Waals surface area (Å²) in [4.78, 5) is 16.9. The Hall–Kier alpha value is -2.10. The fourth-order valence-electron chi connectivity index (χ4n) is 4.96. The predicted octanol–water partition coefficient (Wildman–Crippen LogP) is 4.95. The maximum Gasteiger partial charge on any atom is 0.228 e. The van der Waals surface area contributed by atoms with Crippen LogP contribution in [0.5, 0.6) is 0 Å². The molecule has 0 bridgehead atoms. The number of anilines is 1. The first-order chi connectivity index (χ1) is 16.6. The molecule has 7 nitrogen and oxygen atoms in total. The first-order valence-corrected chi connectivity index (χ1v) is 14.1. The van der Waals surface area contributed by atoms with Gasteiger partial charge in [0.15, 0.2) is 10.9 Å². The van der Waals surface area contributed by atoms with Gasteiger partial charge >= 0.3 is 0 Å². The van der Waals surface area contributed by atoms with Crippen LogP contribution in [0.25, 0.3) is 0 Å². The number of thiophene rings is 1. The maximum atomic E-state index is 13.2. The van der Waals surface area contributed by atoms with Crippen LogP contribution in [0.1, 0.15) is 58.7 Å². The zero-order valence-corrected chi connectivity index (χ0v) is 21.7. The molecule has 5 heterocycles. The molecule has 0 unspecified atom stereocenters. The van der Waals surface area contributed by atoms with Gasteiger partial charge in [0.2, 0.25) is 5.95 Å². The van der Waals surface area contributed by atoms with Gasteiger partial charge in [-0.25, -0.2) is 0 Å². The molecule has 182 valence electrons. The van der Waals surface area contributed by atoms with Crippen molar-refractivity contribution in [1.29, 1.82) is 0 Å². The Morgan fingerprint density at radius 2 is 2.03 bits per heavy atom. The number of Topliss-reactive ketones (excluding diaryl/α,β-unsaturated/α-hetero) is 1. The van der Waals surface area contributed by atoms with E-state index >= 15 is 0 Å². The zero-order valence-electron chi connectivity index (χ0n) is 20.0. The summed E-state index contributed by atoms with van der Waals surface area (Å²) in [7, 11) is 0. The van der Waals surface area contributed by atoms with E-state index in [0.717, 1.165) is 73.7 Å². The number of nitrogens with zero attached hydrogens (tertiary/aromatic N) is 5. The van der Waals surface area contributed by atoms with E-state index in [1.807, 2.05) is 13.0 Å². The van der Waals surface area contributed by atoms with E-state index in [1.165, 1.54) is 35.9 Å². The summed E-state index contributed by atoms with van der Waals surface area (Å²) in [5.74, 6) is 1.42. The fraction of sp³-hybridized carbons (Fsp3) is 0.560. The van der Waals surface area contributed by atoms with Crippen molar-refractivity contribution < 1.29 is 9.53 Å². The van der Waals surface area contributed by atoms with Crippen LogP contribution in [0.3, 0.4) is 0 Å². The summed E-state index contributed by atoms with van der Waals surface area (Å²) in [5, 5.41) is 12.0. The van der Waals surface area contributed by atoms with Crippen LogP contribution in [0, 0.1) is 13.8 Å². The molecule has 0 N–H and O–H groups in total. The molecule has 2 aliphatic rings. The Kier molecular flexibility index (Phi) is 7.41. The van der Waals surface area contributed by atoms with Crippen LogP contribution in [-0.2, 0) is 17.8 Å². The highest BCUT2D eigenvalue weighted by Gasteiger charge is 2.25. The number of aryl methyl sites for hydroxylation is 1. The summed E-state index contributed by atoms with van der Waals surface area (Å²) < 4.78 is 10.3. The van der Waals surface area contributed by atoms with Crippen LogP contribution in [0.4, 0.5) is 5.95 Å². The average molecular weight is 500 g/mol. The molecule has 2 fully saturated rings. The molecule has 1 atom stereocenters. The molecule has 0 aliphatic carbocycles. The van der Waals surface area contributed by atoms with E-state index < -0.39 is 0 Å². The Morgan fingerprint density at radius 1 is 1.18 bits per heavy atom. The first kappa shape index (κ1) is 23.6. The molecule has 0 amide bonds. The van der Waals surface area contributed by atoms with Crippen molar-refractivity contribution in [3.8, 4) is 0 Å². The third-order valence-corrected chi connectivity index (χ3v) is 8.67. The normalized spacial score (nSPS) is 18.6. The van der Waals surface area contributed by atoms with Gasteiger partial charge in [-0.05, 0) is 63.5 Å². The largest absolute Gasteiger partial charge is 0.376 e. The molecular weight excluding hydrogens is 466 g/mol. The second-order valence-electron chi connectivity index (χ2n) is 9.24. The summed E-state index contributed by atoms with van der Waals surface area (Å²) >= 11 is 3.24. The molecule has 0 aromatic carbocycles. The summed E-state index contributed by atoms with van der Waals surface area (Å²) in [6.07, 6.45) is 6.03. The van der Waals surface area contributed by atoms with Gasteiger partial charge in [0, 0.05) is 41.5 Å². The molecule has 0 radical (unpaired) electrons. The average Bonchev–Trinajstić information content (AvgIpc) is 3.65. The second kappa shape index (κ2) is 10.7. The highest BCUT2D eigenvalue weighted by Crippen LogP contribution is 2.28. The lowest BCUT2D eigenvalue weighted by Gasteiger charge is -2.28. The quantitative estimate of drug-likeness (QED) is 0.307. The van der Waals surface area contributed by atoms with Crippen LogP contribution < -0.4 is 4.90 Å². The molecule has 9 heteroatoms. The summed E-state index contributed by atoms with van der Waals surface area (Å²) in [5.41, 5.74) is 2.96. The van der Waals surface area contributed by atoms with Crippen LogP contribution in [-0.4, -0.2) is 56.7 Å². The van der Waals surface area contributed by atoms with Gasteiger partial charge < -0.3 is 14.2 Å². The minimum Gasteiger partial charge on any atom is -0.376 e. The molecule has 2 aliphatic heterocycles. The summed E-state index contributed by atoms with van der Waals surface area (Å²) in [6.45, 7) is 8.55. The van der Waals surface area contributed by atoms with Gasteiger partial charge in [-0.15, -0.1) is 21.5 Å². The van der Waals surface area contributed by atoms with Crippen molar-refractivity contribution in [2.24, 2.45) is 0 Å². The van der Waals surface area contributed by atoms with Gasteiger partial charge in [0.1, 0.15) is 0 Å². The fourth-order valence-corrected chi connectivity index (χ4v) is 6.48. The topological polar surface area (TPSA) is 65.2 Å². The number of ketones is 1. The SMILES string of the molecule is Cc1cc(C(=O)CSc2nnc(N3CCCCC3)n2C[C@H]2CCCO2)c(C)n1Cc1cccs1. The van der Waals surface area contributed by atoms with Crippen molar-refractivity contribution in [3.63, 3.8) is 0 Å². The number of ether oxygens (including phenoxy) is 1. The van der Waals surface area contributed by atoms with Gasteiger partial charge in [-0.3, -0.25) is 9.36 Å². The lowest BCUT2D eigenvalue weighted by atomic mass is 10.1. The third-order valence-electron chi connectivity index (χ3n) is 6.85. The maximum absolute atomic E-state index is 13.2. The Balaban J connectivity index is 1.31. The molecule has 5 rings (SSSR count). The van der Waals surface area contributed by atoms with E-state index in [1.54, 1.807) is 11.3 Å². The molecule has 34 heavy (non-hydrogen) atoms. The van der Waals surface area contributed by atoms with E-state index in [2.05, 4.69) is 48.7 Å². The van der Waals surface area contributed by atoms with Gasteiger partial charge in [-0.1, -0.05) is 17.8 Å². The number of carbonyl (C=O) groups is 1. The Labute approximate surface area is 209 Å². The van der Waals surface area contributed by atoms with E-state index in [-0.39, 0.29) is 11.9 Å². The number of piperidine rings is 1. The minimum absolute atomic E-state index is 0.140. The molecule has 2 saturated heterocycles. The van der Waals surface area contributed by atoms with Crippen molar-refractivity contribution in [2.75, 3.05) is 30.3 Å². The highest BCUT2D eigenvalue weighted by molar-refractivity contribution is 7.99. The predicted molar refractivity (Wildman–Crippen MR) is 137 cm³/mol. The van der Waals surface area contributed by atoms with Gasteiger partial charge in [0.05, 0.1) is 24.9 Å².